The number of primary amides is 1. The molecule has 4 rings (SSSR count). The van der Waals surface area contributed by atoms with Crippen LogP contribution in [-0.4, -0.2) is 50.6 Å². The van der Waals surface area contributed by atoms with Crippen LogP contribution in [0.15, 0.2) is 52.8 Å². The van der Waals surface area contributed by atoms with Crippen molar-refractivity contribution in [3.63, 3.8) is 0 Å². The molecule has 12 heteroatoms. The fourth-order valence-electron chi connectivity index (χ4n) is 3.87. The van der Waals surface area contributed by atoms with Gasteiger partial charge in [-0.05, 0) is 37.1 Å². The lowest BCUT2D eigenvalue weighted by Crippen LogP contribution is -2.42. The highest BCUT2D eigenvalue weighted by molar-refractivity contribution is 5.96. The van der Waals surface area contributed by atoms with Crippen LogP contribution < -0.4 is 27.8 Å². The number of carbonyl (C=O) groups excluding carboxylic acids is 1. The molecule has 2 aromatic heterocycles. The molecule has 0 saturated heterocycles. The highest BCUT2D eigenvalue weighted by Gasteiger charge is 2.23. The van der Waals surface area contributed by atoms with Crippen LogP contribution in [0.4, 0.5) is 23.0 Å². The second-order valence-corrected chi connectivity index (χ2v) is 8.02. The van der Waals surface area contributed by atoms with Crippen LogP contribution in [0.1, 0.15) is 36.2 Å². The summed E-state index contributed by atoms with van der Waals surface area (Å²) in [5, 5.41) is 6.49. The molecule has 1 aliphatic carbocycles. The SMILES string of the molecule is NC=NC=Nc1cc(Nc2nc(N[C@@H]3CCCC[C@@H]3N)cnc2C(N)=O)cc(-c2ncccn2)c1. The normalized spacial score (nSPS) is 18.1. The van der Waals surface area contributed by atoms with Crippen molar-refractivity contribution in [2.75, 3.05) is 10.6 Å². The van der Waals surface area contributed by atoms with E-state index in [1.54, 1.807) is 30.6 Å². The molecule has 0 bridgehead atoms. The molecule has 0 radical (unpaired) electrons. The van der Waals surface area contributed by atoms with E-state index in [1.807, 2.05) is 6.07 Å². The number of aliphatic imine (C=N–C) groups is 2. The Morgan fingerprint density at radius 2 is 1.91 bits per heavy atom. The number of nitrogens with one attached hydrogen (secondary N) is 2. The van der Waals surface area contributed by atoms with Gasteiger partial charge in [0.25, 0.3) is 5.91 Å². The van der Waals surface area contributed by atoms with Crippen molar-refractivity contribution in [2.24, 2.45) is 27.2 Å². The van der Waals surface area contributed by atoms with Crippen LogP contribution in [0.5, 0.6) is 0 Å². The largest absolute Gasteiger partial charge is 0.390 e. The van der Waals surface area contributed by atoms with Crippen molar-refractivity contribution in [3.05, 3.63) is 48.5 Å². The first-order chi connectivity index (χ1) is 17.0. The number of nitrogens with zero attached hydrogens (tertiary/aromatic N) is 6. The summed E-state index contributed by atoms with van der Waals surface area (Å²) in [4.78, 5) is 37.6. The van der Waals surface area contributed by atoms with E-state index in [2.05, 4.69) is 40.6 Å². The number of amides is 1. The first-order valence-electron chi connectivity index (χ1n) is 11.2. The van der Waals surface area contributed by atoms with Gasteiger partial charge in [0.05, 0.1) is 18.2 Å². The molecule has 2 atom stereocenters. The minimum Gasteiger partial charge on any atom is -0.390 e. The number of anilines is 3. The zero-order valence-corrected chi connectivity index (χ0v) is 19.0. The Balaban J connectivity index is 1.69. The van der Waals surface area contributed by atoms with E-state index in [4.69, 9.17) is 17.2 Å². The van der Waals surface area contributed by atoms with E-state index < -0.39 is 5.91 Å². The van der Waals surface area contributed by atoms with Crippen LogP contribution in [-0.2, 0) is 0 Å². The van der Waals surface area contributed by atoms with Gasteiger partial charge in [-0.15, -0.1) is 0 Å². The maximum Gasteiger partial charge on any atom is 0.271 e. The Morgan fingerprint density at radius 3 is 2.66 bits per heavy atom. The third kappa shape index (κ3) is 6.12. The van der Waals surface area contributed by atoms with Gasteiger partial charge in [0, 0.05) is 35.7 Å². The van der Waals surface area contributed by atoms with Gasteiger partial charge in [0.15, 0.2) is 17.3 Å². The number of nitrogens with two attached hydrogens (primary N) is 3. The Hall–Kier alpha value is -4.45. The van der Waals surface area contributed by atoms with E-state index in [-0.39, 0.29) is 23.6 Å². The van der Waals surface area contributed by atoms with Crippen molar-refractivity contribution in [1.82, 2.24) is 19.9 Å². The Bertz CT molecular complexity index is 1230. The summed E-state index contributed by atoms with van der Waals surface area (Å²) < 4.78 is 0. The van der Waals surface area contributed by atoms with Gasteiger partial charge < -0.3 is 27.8 Å². The average molecular weight is 474 g/mol. The van der Waals surface area contributed by atoms with Crippen molar-refractivity contribution >= 4 is 41.6 Å². The molecule has 1 aliphatic rings. The number of aromatic nitrogens is 4. The average Bonchev–Trinajstić information content (AvgIpc) is 2.86. The van der Waals surface area contributed by atoms with E-state index in [1.165, 1.54) is 12.5 Å². The summed E-state index contributed by atoms with van der Waals surface area (Å²) in [6.07, 6.45) is 11.3. The zero-order valence-electron chi connectivity index (χ0n) is 19.0. The summed E-state index contributed by atoms with van der Waals surface area (Å²) in [5.41, 5.74) is 18.9. The first-order valence-corrected chi connectivity index (χ1v) is 11.2. The molecule has 0 aliphatic heterocycles. The van der Waals surface area contributed by atoms with Gasteiger partial charge in [0.1, 0.15) is 12.2 Å². The lowest BCUT2D eigenvalue weighted by Gasteiger charge is -2.29. The third-order valence-electron chi connectivity index (χ3n) is 5.52. The second kappa shape index (κ2) is 11.1. The number of carbonyl (C=O) groups is 1. The fourth-order valence-corrected chi connectivity index (χ4v) is 3.87. The van der Waals surface area contributed by atoms with Gasteiger partial charge in [-0.25, -0.2) is 29.9 Å². The van der Waals surface area contributed by atoms with Gasteiger partial charge in [0.2, 0.25) is 0 Å². The fraction of sp³-hybridized carbons (Fsp3) is 0.261. The second-order valence-electron chi connectivity index (χ2n) is 8.02. The van der Waals surface area contributed by atoms with Crippen molar-refractivity contribution in [1.29, 1.82) is 0 Å². The van der Waals surface area contributed by atoms with Gasteiger partial charge in [-0.3, -0.25) is 4.79 Å². The van der Waals surface area contributed by atoms with E-state index in [9.17, 15) is 4.79 Å². The number of hydrogen-bond donors (Lipinski definition) is 5. The molecule has 2 heterocycles. The van der Waals surface area contributed by atoms with E-state index in [0.717, 1.165) is 32.0 Å². The van der Waals surface area contributed by atoms with Crippen molar-refractivity contribution in [2.45, 2.75) is 37.8 Å². The van der Waals surface area contributed by atoms with Gasteiger partial charge in [-0.2, -0.15) is 0 Å². The lowest BCUT2D eigenvalue weighted by atomic mass is 9.91. The number of rotatable bonds is 8. The molecular formula is C23H27N11O. The van der Waals surface area contributed by atoms with Crippen molar-refractivity contribution < 1.29 is 4.79 Å². The molecule has 8 N–H and O–H groups in total. The highest BCUT2D eigenvalue weighted by Crippen LogP contribution is 2.29. The maximum atomic E-state index is 12.1. The number of benzene rings is 1. The molecule has 1 aromatic carbocycles. The van der Waals surface area contributed by atoms with Crippen LogP contribution in [0.25, 0.3) is 11.4 Å². The summed E-state index contributed by atoms with van der Waals surface area (Å²) in [7, 11) is 0. The third-order valence-corrected chi connectivity index (χ3v) is 5.52. The summed E-state index contributed by atoms with van der Waals surface area (Å²) in [5.74, 6) is 0.489. The van der Waals surface area contributed by atoms with Crippen LogP contribution in [0.3, 0.4) is 0 Å². The van der Waals surface area contributed by atoms with Gasteiger partial charge >= 0.3 is 0 Å². The predicted molar refractivity (Wildman–Crippen MR) is 136 cm³/mol. The molecule has 0 spiro atoms. The van der Waals surface area contributed by atoms with E-state index >= 15 is 0 Å². The van der Waals surface area contributed by atoms with Crippen molar-refractivity contribution in [3.8, 4) is 11.4 Å². The molecule has 0 unspecified atom stereocenters. The van der Waals surface area contributed by atoms with Gasteiger partial charge in [-0.1, -0.05) is 12.8 Å². The topological polar surface area (TPSA) is 195 Å². The van der Waals surface area contributed by atoms with Crippen LogP contribution in [0, 0.1) is 0 Å². The lowest BCUT2D eigenvalue weighted by molar-refractivity contribution is 0.0996. The Labute approximate surface area is 202 Å². The quantitative estimate of drug-likeness (QED) is 0.240. The smallest absolute Gasteiger partial charge is 0.271 e. The molecule has 180 valence electrons. The summed E-state index contributed by atoms with van der Waals surface area (Å²) in [6.45, 7) is 0. The first kappa shape index (κ1) is 23.7. The summed E-state index contributed by atoms with van der Waals surface area (Å²) >= 11 is 0. The highest BCUT2D eigenvalue weighted by atomic mass is 16.1. The molecule has 12 nitrogen and oxygen atoms in total. The molecule has 1 amide bonds. The predicted octanol–water partition coefficient (Wildman–Crippen LogP) is 2.10. The minimum atomic E-state index is -0.709. The Morgan fingerprint density at radius 1 is 1.11 bits per heavy atom. The minimum absolute atomic E-state index is 0.00244. The molecule has 3 aromatic rings. The van der Waals surface area contributed by atoms with E-state index in [0.29, 0.717) is 28.6 Å². The molecule has 35 heavy (non-hydrogen) atoms. The monoisotopic (exact) mass is 473 g/mol. The molecular weight excluding hydrogens is 446 g/mol. The molecule has 1 saturated carbocycles. The van der Waals surface area contributed by atoms with Crippen LogP contribution >= 0.6 is 0 Å². The van der Waals surface area contributed by atoms with Crippen LogP contribution in [0.2, 0.25) is 0 Å². The summed E-state index contributed by atoms with van der Waals surface area (Å²) in [6, 6.07) is 7.19. The Kier molecular flexibility index (Phi) is 7.53. The maximum absolute atomic E-state index is 12.1. The number of hydrogen-bond acceptors (Lipinski definition) is 9. The standard InChI is InChI=1S/C23H27N11O/c24-12-27-13-31-15-8-14(22-28-6-3-7-29-22)9-16(10-15)32-23-20(21(26)35)30-11-19(34-23)33-18-5-2-1-4-17(18)25/h3,6-13,17-18H,1-2,4-5,25H2,(H2,26,35)(H2,24,27,31)(H2,32,33,34)/t17-,18+/m0/s1. The molecule has 1 fully saturated rings. The zero-order chi connectivity index (χ0) is 24.6.